The molecule has 2 aromatic carbocycles. The van der Waals surface area contributed by atoms with Crippen LogP contribution in [0.15, 0.2) is 61.4 Å². The fourth-order valence-corrected chi connectivity index (χ4v) is 3.39. The van der Waals surface area contributed by atoms with E-state index in [9.17, 15) is 0 Å². The highest BCUT2D eigenvalue weighted by molar-refractivity contribution is 5.49. The molecule has 152 valence electrons. The largest absolute Gasteiger partial charge is 0.456 e. The van der Waals surface area contributed by atoms with E-state index in [0.717, 1.165) is 17.9 Å². The lowest BCUT2D eigenvalue weighted by Crippen LogP contribution is -2.03. The molecule has 0 aliphatic rings. The smallest absolute Gasteiger partial charge is 0.133 e. The van der Waals surface area contributed by atoms with Gasteiger partial charge in [0.1, 0.15) is 24.0 Å². The van der Waals surface area contributed by atoms with Gasteiger partial charge in [0.05, 0.1) is 0 Å². The predicted molar refractivity (Wildman–Crippen MR) is 122 cm³/mol. The highest BCUT2D eigenvalue weighted by Crippen LogP contribution is 2.34. The van der Waals surface area contributed by atoms with Crippen LogP contribution in [0.5, 0.6) is 11.5 Å². The lowest BCUT2D eigenvalue weighted by Gasteiger charge is -2.19. The molecule has 0 N–H and O–H groups in total. The zero-order valence-electron chi connectivity index (χ0n) is 18.6. The third-order valence-electron chi connectivity index (χ3n) is 5.10. The van der Waals surface area contributed by atoms with Crippen LogP contribution in [0.4, 0.5) is 0 Å². The molecular weight excluding hydrogens is 356 g/mol. The molecule has 0 amide bonds. The molecule has 0 aromatic heterocycles. The first-order valence-electron chi connectivity index (χ1n) is 10.1. The minimum absolute atomic E-state index is 0.358. The molecule has 0 aliphatic carbocycles. The number of ether oxygens (including phenoxy) is 2. The minimum Gasteiger partial charge on any atom is -0.456 e. The molecule has 2 aromatic rings. The molecule has 0 bridgehead atoms. The van der Waals surface area contributed by atoms with Crippen LogP contribution in [0, 0.1) is 13.8 Å². The molecule has 0 saturated carbocycles. The van der Waals surface area contributed by atoms with Gasteiger partial charge in [-0.2, -0.15) is 0 Å². The van der Waals surface area contributed by atoms with Gasteiger partial charge in [-0.05, 0) is 77.6 Å². The molecule has 0 aliphatic heterocycles. The van der Waals surface area contributed by atoms with E-state index < -0.39 is 0 Å². The maximum atomic E-state index is 5.73. The molecule has 2 nitrogen and oxygen atoms in total. The van der Waals surface area contributed by atoms with Crippen LogP contribution >= 0.6 is 0 Å². The van der Waals surface area contributed by atoms with E-state index in [4.69, 9.17) is 9.47 Å². The number of rotatable bonds is 8. The van der Waals surface area contributed by atoms with Gasteiger partial charge in [0.15, 0.2) is 0 Å². The molecule has 0 saturated heterocycles. The lowest BCUT2D eigenvalue weighted by molar-refractivity contribution is 0.472. The summed E-state index contributed by atoms with van der Waals surface area (Å²) in [7, 11) is 0. The summed E-state index contributed by atoms with van der Waals surface area (Å²) in [5.41, 5.74) is 12.8. The Morgan fingerprint density at radius 2 is 1.14 bits per heavy atom. The minimum atomic E-state index is 0.358. The van der Waals surface area contributed by atoms with Gasteiger partial charge in [-0.3, -0.25) is 0 Å². The molecular formula is C27H32O2. The second-order valence-electron chi connectivity index (χ2n) is 8.00. The van der Waals surface area contributed by atoms with E-state index in [-0.39, 0.29) is 0 Å². The molecule has 0 unspecified atom stereocenters. The first-order chi connectivity index (χ1) is 13.8. The van der Waals surface area contributed by atoms with Crippen LogP contribution in [0.25, 0.3) is 0 Å². The van der Waals surface area contributed by atoms with Crippen molar-refractivity contribution in [2.75, 3.05) is 0 Å². The van der Waals surface area contributed by atoms with E-state index in [2.05, 4.69) is 90.4 Å². The normalized spacial score (nSPS) is 10.5. The molecule has 2 rings (SSSR count). The monoisotopic (exact) mass is 388 g/mol. The summed E-state index contributed by atoms with van der Waals surface area (Å²) >= 11 is 0. The zero-order chi connectivity index (χ0) is 21.6. The summed E-state index contributed by atoms with van der Waals surface area (Å²) < 4.78 is 11.5. The van der Waals surface area contributed by atoms with E-state index >= 15 is 0 Å². The summed E-state index contributed by atoms with van der Waals surface area (Å²) in [4.78, 5) is 0. The maximum absolute atomic E-state index is 5.73. The van der Waals surface area contributed by atoms with Crippen LogP contribution in [0.3, 0.4) is 0 Å². The molecule has 0 spiro atoms. The predicted octanol–water partition coefficient (Wildman–Crippen LogP) is 7.50. The highest BCUT2D eigenvalue weighted by Gasteiger charge is 2.15. The van der Waals surface area contributed by atoms with Crippen molar-refractivity contribution in [3.05, 3.63) is 94.8 Å². The Kier molecular flexibility index (Phi) is 7.74. The molecule has 0 fully saturated rings. The highest BCUT2D eigenvalue weighted by atomic mass is 16.5. The van der Waals surface area contributed by atoms with E-state index in [1.807, 2.05) is 0 Å². The van der Waals surface area contributed by atoms with Gasteiger partial charge < -0.3 is 9.47 Å². The van der Waals surface area contributed by atoms with Crippen LogP contribution in [-0.4, -0.2) is 0 Å². The first-order valence-corrected chi connectivity index (χ1v) is 10.1. The van der Waals surface area contributed by atoms with Crippen LogP contribution in [0.1, 0.15) is 72.9 Å². The van der Waals surface area contributed by atoms with Crippen molar-refractivity contribution in [3.8, 4) is 11.5 Å². The van der Waals surface area contributed by atoms with Gasteiger partial charge in [-0.15, -0.1) is 0 Å². The van der Waals surface area contributed by atoms with Crippen LogP contribution in [0.2, 0.25) is 0 Å². The van der Waals surface area contributed by atoms with Crippen molar-refractivity contribution >= 4 is 0 Å². The second-order valence-corrected chi connectivity index (χ2v) is 8.00. The average molecular weight is 389 g/mol. The topological polar surface area (TPSA) is 18.5 Å². The Hall–Kier alpha value is -2.92. The quantitative estimate of drug-likeness (QED) is 0.344. The molecule has 0 heterocycles. The standard InChI is InChI=1S/C27H32O2/c1-9-11-28-26-13-20(7)22(16-24(26)18(3)4)15-23-17-25(19(5)6)27(14-21(23)8)29-12-10-2/h11-14,16-19H,1-2,15H2,3-8H3. The van der Waals surface area contributed by atoms with Crippen LogP contribution < -0.4 is 9.47 Å². The van der Waals surface area contributed by atoms with Crippen molar-refractivity contribution in [2.45, 2.75) is 59.8 Å². The fraction of sp³-hybridized carbons (Fsp3) is 0.333. The number of benzene rings is 2. The van der Waals surface area contributed by atoms with E-state index in [0.29, 0.717) is 11.8 Å². The average Bonchev–Trinajstić information content (AvgIpc) is 2.67. The Morgan fingerprint density at radius 1 is 0.759 bits per heavy atom. The summed E-state index contributed by atoms with van der Waals surface area (Å²) in [6.07, 6.45) is 3.89. The third kappa shape index (κ3) is 5.55. The van der Waals surface area contributed by atoms with Crippen LogP contribution in [-0.2, 0) is 6.42 Å². The molecule has 2 heteroatoms. The van der Waals surface area contributed by atoms with Crippen molar-refractivity contribution in [2.24, 2.45) is 0 Å². The number of aryl methyl sites for hydroxylation is 2. The number of hydrogen-bond acceptors (Lipinski definition) is 2. The Labute approximate surface area is 175 Å². The summed E-state index contributed by atoms with van der Waals surface area (Å²) in [5, 5.41) is 0. The Bertz CT molecular complexity index is 887. The van der Waals surface area contributed by atoms with Gasteiger partial charge in [-0.25, -0.2) is 0 Å². The second kappa shape index (κ2) is 10.0. The van der Waals surface area contributed by atoms with Gasteiger partial charge in [0.25, 0.3) is 0 Å². The summed E-state index contributed by atoms with van der Waals surface area (Å²) in [6, 6.07) is 8.77. The Morgan fingerprint density at radius 3 is 1.45 bits per heavy atom. The van der Waals surface area contributed by atoms with Crippen molar-refractivity contribution < 1.29 is 9.47 Å². The molecule has 0 atom stereocenters. The van der Waals surface area contributed by atoms with E-state index in [1.54, 1.807) is 0 Å². The number of hydrogen-bond donors (Lipinski definition) is 0. The van der Waals surface area contributed by atoms with Gasteiger partial charge in [0, 0.05) is 0 Å². The van der Waals surface area contributed by atoms with Crippen molar-refractivity contribution in [1.82, 2.24) is 0 Å². The fourth-order valence-electron chi connectivity index (χ4n) is 3.39. The SMILES string of the molecule is C=C=COc1cc(C)c(Cc2cc(C(C)C)c(OC=C=C)cc2C)cc1C(C)C. The Balaban J connectivity index is 2.50. The third-order valence-corrected chi connectivity index (χ3v) is 5.10. The summed E-state index contributed by atoms with van der Waals surface area (Å²) in [6.45, 7) is 20.1. The first kappa shape index (κ1) is 22.4. The van der Waals surface area contributed by atoms with E-state index in [1.165, 1.54) is 45.9 Å². The maximum Gasteiger partial charge on any atom is 0.133 e. The van der Waals surface area contributed by atoms with Crippen molar-refractivity contribution in [1.29, 1.82) is 0 Å². The van der Waals surface area contributed by atoms with Gasteiger partial charge in [0.2, 0.25) is 0 Å². The van der Waals surface area contributed by atoms with Crippen molar-refractivity contribution in [3.63, 3.8) is 0 Å². The molecule has 29 heavy (non-hydrogen) atoms. The van der Waals surface area contributed by atoms with Gasteiger partial charge in [-0.1, -0.05) is 64.4 Å². The summed E-state index contributed by atoms with van der Waals surface area (Å²) in [5.74, 6) is 2.46. The zero-order valence-corrected chi connectivity index (χ0v) is 18.6. The molecule has 0 radical (unpaired) electrons. The lowest BCUT2D eigenvalue weighted by atomic mass is 9.89. The van der Waals surface area contributed by atoms with Gasteiger partial charge >= 0.3 is 0 Å².